The van der Waals surface area contributed by atoms with Gasteiger partial charge in [0.05, 0.1) is 6.54 Å². The van der Waals surface area contributed by atoms with Gasteiger partial charge in [-0.2, -0.15) is 0 Å². The average molecular weight is 277 g/mol. The predicted molar refractivity (Wildman–Crippen MR) is 70.3 cm³/mol. The summed E-state index contributed by atoms with van der Waals surface area (Å²) in [4.78, 5) is 25.7. The van der Waals surface area contributed by atoms with E-state index in [0.717, 1.165) is 13.0 Å². The van der Waals surface area contributed by atoms with Crippen LogP contribution in [0.4, 0.5) is 9.18 Å². The van der Waals surface area contributed by atoms with Gasteiger partial charge in [0.1, 0.15) is 11.4 Å². The van der Waals surface area contributed by atoms with Crippen LogP contribution >= 0.6 is 0 Å². The monoisotopic (exact) mass is 277 g/mol. The smallest absolute Gasteiger partial charge is 0.322 e. The zero-order valence-corrected chi connectivity index (χ0v) is 11.0. The summed E-state index contributed by atoms with van der Waals surface area (Å²) in [6.07, 6.45) is 1.49. The highest BCUT2D eigenvalue weighted by molar-refractivity contribution is 6.07. The van der Waals surface area contributed by atoms with Crippen molar-refractivity contribution in [1.82, 2.24) is 15.5 Å². The summed E-state index contributed by atoms with van der Waals surface area (Å²) in [6.45, 7) is 1.41. The molecular formula is C14H16FN3O2. The fraction of sp³-hybridized carbons (Fsp3) is 0.429. The number of halogens is 1. The van der Waals surface area contributed by atoms with E-state index in [1.807, 2.05) is 0 Å². The lowest BCUT2D eigenvalue weighted by atomic mass is 9.90. The molecule has 0 saturated carbocycles. The van der Waals surface area contributed by atoms with Crippen LogP contribution in [-0.2, 0) is 11.3 Å². The summed E-state index contributed by atoms with van der Waals surface area (Å²) < 4.78 is 13.2. The molecular weight excluding hydrogens is 261 g/mol. The van der Waals surface area contributed by atoms with E-state index in [2.05, 4.69) is 10.6 Å². The van der Waals surface area contributed by atoms with Crippen molar-refractivity contribution in [3.8, 4) is 0 Å². The largest absolute Gasteiger partial charge is 0.325 e. The van der Waals surface area contributed by atoms with E-state index >= 15 is 0 Å². The molecule has 1 aromatic carbocycles. The second kappa shape index (κ2) is 4.86. The highest BCUT2D eigenvalue weighted by atomic mass is 19.1. The summed E-state index contributed by atoms with van der Waals surface area (Å²) in [5, 5.41) is 5.92. The third kappa shape index (κ3) is 2.16. The van der Waals surface area contributed by atoms with E-state index in [4.69, 9.17) is 0 Å². The number of nitrogens with zero attached hydrogens (tertiary/aromatic N) is 1. The van der Waals surface area contributed by atoms with Crippen molar-refractivity contribution < 1.29 is 14.0 Å². The molecule has 20 heavy (non-hydrogen) atoms. The molecule has 3 rings (SSSR count). The van der Waals surface area contributed by atoms with Crippen molar-refractivity contribution in [1.29, 1.82) is 0 Å². The molecule has 1 aromatic rings. The lowest BCUT2D eigenvalue weighted by Gasteiger charge is -2.31. The first kappa shape index (κ1) is 13.1. The van der Waals surface area contributed by atoms with Gasteiger partial charge in [-0.1, -0.05) is 12.1 Å². The number of urea groups is 1. The molecule has 2 aliphatic heterocycles. The number of hydrogen-bond donors (Lipinski definition) is 2. The normalized spacial score (nSPS) is 26.1. The summed E-state index contributed by atoms with van der Waals surface area (Å²) in [6, 6.07) is 5.55. The third-order valence-electron chi connectivity index (χ3n) is 3.86. The van der Waals surface area contributed by atoms with Gasteiger partial charge in [-0.05, 0) is 37.1 Å². The van der Waals surface area contributed by atoms with Gasteiger partial charge in [0.15, 0.2) is 0 Å². The first-order valence-electron chi connectivity index (χ1n) is 6.70. The molecule has 5 nitrogen and oxygen atoms in total. The van der Waals surface area contributed by atoms with Crippen LogP contribution in [0.15, 0.2) is 24.3 Å². The highest BCUT2D eigenvalue weighted by Crippen LogP contribution is 2.26. The van der Waals surface area contributed by atoms with Crippen LogP contribution in [0.5, 0.6) is 0 Å². The minimum absolute atomic E-state index is 0.101. The minimum atomic E-state index is -0.817. The van der Waals surface area contributed by atoms with E-state index in [9.17, 15) is 14.0 Å². The van der Waals surface area contributed by atoms with Crippen LogP contribution in [0.1, 0.15) is 18.4 Å². The van der Waals surface area contributed by atoms with Gasteiger partial charge in [0.2, 0.25) is 0 Å². The molecule has 6 heteroatoms. The zero-order valence-electron chi connectivity index (χ0n) is 11.0. The summed E-state index contributed by atoms with van der Waals surface area (Å²) in [5.74, 6) is -0.595. The van der Waals surface area contributed by atoms with Crippen molar-refractivity contribution in [3.05, 3.63) is 35.6 Å². The van der Waals surface area contributed by atoms with Gasteiger partial charge in [0.25, 0.3) is 5.91 Å². The predicted octanol–water partition coefficient (Wildman–Crippen LogP) is 1.000. The van der Waals surface area contributed by atoms with Crippen molar-refractivity contribution in [2.75, 3.05) is 13.1 Å². The van der Waals surface area contributed by atoms with Crippen molar-refractivity contribution in [2.45, 2.75) is 24.9 Å². The van der Waals surface area contributed by atoms with Gasteiger partial charge >= 0.3 is 6.03 Å². The molecule has 0 aromatic heterocycles. The molecule has 2 aliphatic rings. The van der Waals surface area contributed by atoms with Crippen LogP contribution in [0.2, 0.25) is 0 Å². The fourth-order valence-electron chi connectivity index (χ4n) is 2.83. The summed E-state index contributed by atoms with van der Waals surface area (Å²) in [7, 11) is 0. The second-order valence-electron chi connectivity index (χ2n) is 5.31. The maximum Gasteiger partial charge on any atom is 0.325 e. The SMILES string of the molecule is O=C1NC2(CCCNC2)C(=O)N1Cc1cccc(F)c1. The van der Waals surface area contributed by atoms with Crippen molar-refractivity contribution in [3.63, 3.8) is 0 Å². The van der Waals surface area contributed by atoms with E-state index in [-0.39, 0.29) is 18.3 Å². The number of piperidine rings is 1. The first-order chi connectivity index (χ1) is 9.61. The van der Waals surface area contributed by atoms with Crippen LogP contribution in [-0.4, -0.2) is 35.5 Å². The Morgan fingerprint density at radius 2 is 2.20 bits per heavy atom. The van der Waals surface area contributed by atoms with Gasteiger partial charge in [-0.15, -0.1) is 0 Å². The standard InChI is InChI=1S/C14H16FN3O2/c15-11-4-1-3-10(7-11)8-18-12(19)14(17-13(18)20)5-2-6-16-9-14/h1,3-4,7,16H,2,5-6,8-9H2,(H,17,20). The molecule has 2 fully saturated rings. The van der Waals surface area contributed by atoms with Crippen LogP contribution in [0, 0.1) is 5.82 Å². The Labute approximate surface area is 116 Å². The number of amides is 3. The molecule has 0 bridgehead atoms. The second-order valence-corrected chi connectivity index (χ2v) is 5.31. The molecule has 0 radical (unpaired) electrons. The molecule has 2 N–H and O–H groups in total. The zero-order chi connectivity index (χ0) is 14.2. The number of imide groups is 1. The Bertz CT molecular complexity index is 555. The number of hydrogen-bond acceptors (Lipinski definition) is 3. The number of rotatable bonds is 2. The van der Waals surface area contributed by atoms with Crippen molar-refractivity contribution in [2.24, 2.45) is 0 Å². The van der Waals surface area contributed by atoms with Gasteiger partial charge in [0, 0.05) is 6.54 Å². The number of benzene rings is 1. The molecule has 2 saturated heterocycles. The highest BCUT2D eigenvalue weighted by Gasteiger charge is 2.51. The molecule has 1 atom stereocenters. The van der Waals surface area contributed by atoms with Crippen LogP contribution < -0.4 is 10.6 Å². The molecule has 106 valence electrons. The minimum Gasteiger partial charge on any atom is -0.322 e. The lowest BCUT2D eigenvalue weighted by molar-refractivity contribution is -0.132. The Morgan fingerprint density at radius 1 is 1.35 bits per heavy atom. The maximum absolute atomic E-state index is 13.2. The fourth-order valence-corrected chi connectivity index (χ4v) is 2.83. The van der Waals surface area contributed by atoms with Gasteiger partial charge < -0.3 is 10.6 Å². The number of nitrogens with one attached hydrogen (secondary N) is 2. The molecule has 1 spiro atoms. The van der Waals surface area contributed by atoms with E-state index < -0.39 is 11.6 Å². The number of carbonyl (C=O) groups excluding carboxylic acids is 2. The third-order valence-corrected chi connectivity index (χ3v) is 3.86. The topological polar surface area (TPSA) is 61.4 Å². The Kier molecular flexibility index (Phi) is 3.17. The van der Waals surface area contributed by atoms with E-state index in [0.29, 0.717) is 18.5 Å². The average Bonchev–Trinajstić information content (AvgIpc) is 2.64. The maximum atomic E-state index is 13.2. The summed E-state index contributed by atoms with van der Waals surface area (Å²) in [5.41, 5.74) is -0.211. The Hall–Kier alpha value is -1.95. The summed E-state index contributed by atoms with van der Waals surface area (Å²) >= 11 is 0. The first-order valence-corrected chi connectivity index (χ1v) is 6.70. The van der Waals surface area contributed by atoms with E-state index in [1.165, 1.54) is 17.0 Å². The quantitative estimate of drug-likeness (QED) is 0.793. The molecule has 0 aliphatic carbocycles. The molecule has 1 unspecified atom stereocenters. The Morgan fingerprint density at radius 3 is 2.90 bits per heavy atom. The molecule has 2 heterocycles. The molecule has 3 amide bonds. The van der Waals surface area contributed by atoms with Crippen LogP contribution in [0.3, 0.4) is 0 Å². The lowest BCUT2D eigenvalue weighted by Crippen LogP contribution is -2.57. The van der Waals surface area contributed by atoms with Crippen LogP contribution in [0.25, 0.3) is 0 Å². The van der Waals surface area contributed by atoms with E-state index in [1.54, 1.807) is 12.1 Å². The Balaban J connectivity index is 1.80. The van der Waals surface area contributed by atoms with Crippen molar-refractivity contribution >= 4 is 11.9 Å². The van der Waals surface area contributed by atoms with Gasteiger partial charge in [-0.3, -0.25) is 9.69 Å². The van der Waals surface area contributed by atoms with Gasteiger partial charge in [-0.25, -0.2) is 9.18 Å². The number of carbonyl (C=O) groups is 2.